The normalized spacial score (nSPS) is 16.7. The van der Waals surface area contributed by atoms with Crippen molar-refractivity contribution in [1.29, 1.82) is 5.26 Å². The van der Waals surface area contributed by atoms with Crippen LogP contribution in [0.3, 0.4) is 0 Å². The molecule has 35 heavy (non-hydrogen) atoms. The number of thioether (sulfide) groups is 1. The number of anilines is 2. The van der Waals surface area contributed by atoms with Gasteiger partial charge in [0.05, 0.1) is 15.3 Å². The van der Waals surface area contributed by atoms with Gasteiger partial charge in [-0.15, -0.1) is 0 Å². The van der Waals surface area contributed by atoms with Crippen LogP contribution in [0.4, 0.5) is 11.4 Å². The van der Waals surface area contributed by atoms with Gasteiger partial charge in [-0.1, -0.05) is 84.4 Å². The number of para-hydroxylation sites is 1. The molecule has 0 aromatic heterocycles. The van der Waals surface area contributed by atoms with Crippen molar-refractivity contribution in [2.24, 2.45) is 0 Å². The van der Waals surface area contributed by atoms with Crippen molar-refractivity contribution < 1.29 is 9.59 Å². The summed E-state index contributed by atoms with van der Waals surface area (Å²) >= 11 is 13.7. The second kappa shape index (κ2) is 11.0. The summed E-state index contributed by atoms with van der Waals surface area (Å²) < 4.78 is 0. The number of rotatable bonds is 6. The number of amides is 2. The van der Waals surface area contributed by atoms with Crippen molar-refractivity contribution in [1.82, 2.24) is 0 Å². The standard InChI is InChI=1S/C27H21Cl2N3O2S/c1-2-17-11-13-19(14-12-17)31-25(33)21(16-30)27-32(20-8-4-3-5-9-20)26(34)23(35-27)15-18-7-6-10-22(28)24(18)29/h3-14,23H,2,15H2,1H3,(H,31,33)/b27-21+/t23-/m1/s1. The highest BCUT2D eigenvalue weighted by Gasteiger charge is 2.41. The molecule has 3 aromatic carbocycles. The highest BCUT2D eigenvalue weighted by Crippen LogP contribution is 2.43. The van der Waals surface area contributed by atoms with Crippen LogP contribution < -0.4 is 10.2 Å². The molecule has 1 aliphatic rings. The van der Waals surface area contributed by atoms with Gasteiger partial charge in [0.25, 0.3) is 5.91 Å². The zero-order valence-electron chi connectivity index (χ0n) is 18.8. The lowest BCUT2D eigenvalue weighted by molar-refractivity contribution is -0.117. The van der Waals surface area contributed by atoms with E-state index in [9.17, 15) is 14.9 Å². The quantitative estimate of drug-likeness (QED) is 0.292. The fraction of sp³-hybridized carbons (Fsp3) is 0.148. The minimum atomic E-state index is -0.582. The molecule has 0 saturated carbocycles. The van der Waals surface area contributed by atoms with Crippen molar-refractivity contribution in [2.75, 3.05) is 10.2 Å². The minimum absolute atomic E-state index is 0.133. The van der Waals surface area contributed by atoms with E-state index in [2.05, 4.69) is 5.32 Å². The van der Waals surface area contributed by atoms with Crippen LogP contribution in [0.2, 0.25) is 10.0 Å². The Balaban J connectivity index is 1.70. The number of hydrogen-bond acceptors (Lipinski definition) is 4. The van der Waals surface area contributed by atoms with Crippen molar-refractivity contribution in [3.63, 3.8) is 0 Å². The Labute approximate surface area is 218 Å². The fourth-order valence-corrected chi connectivity index (χ4v) is 5.41. The van der Waals surface area contributed by atoms with E-state index in [1.807, 2.05) is 37.3 Å². The summed E-state index contributed by atoms with van der Waals surface area (Å²) in [6, 6.07) is 23.7. The Hall–Kier alpha value is -3.24. The largest absolute Gasteiger partial charge is 0.321 e. The Morgan fingerprint density at radius 1 is 1.06 bits per heavy atom. The average molecular weight is 522 g/mol. The van der Waals surface area contributed by atoms with Gasteiger partial charge in [0.2, 0.25) is 5.91 Å². The van der Waals surface area contributed by atoms with Crippen LogP contribution >= 0.6 is 35.0 Å². The van der Waals surface area contributed by atoms with Crippen LogP contribution in [0.1, 0.15) is 18.1 Å². The molecule has 1 heterocycles. The molecule has 0 bridgehead atoms. The van der Waals surface area contributed by atoms with E-state index >= 15 is 0 Å². The topological polar surface area (TPSA) is 73.2 Å². The molecule has 5 nitrogen and oxygen atoms in total. The first-order chi connectivity index (χ1) is 16.9. The van der Waals surface area contributed by atoms with Gasteiger partial charge in [-0.2, -0.15) is 5.26 Å². The van der Waals surface area contributed by atoms with Crippen LogP contribution in [0.15, 0.2) is 83.4 Å². The van der Waals surface area contributed by atoms with Gasteiger partial charge in [0.15, 0.2) is 0 Å². The van der Waals surface area contributed by atoms with E-state index in [4.69, 9.17) is 23.2 Å². The maximum absolute atomic E-state index is 13.5. The van der Waals surface area contributed by atoms with E-state index in [0.29, 0.717) is 27.8 Å². The first kappa shape index (κ1) is 24.9. The highest BCUT2D eigenvalue weighted by atomic mass is 35.5. The van der Waals surface area contributed by atoms with E-state index < -0.39 is 11.2 Å². The second-order valence-corrected chi connectivity index (χ2v) is 9.81. The lowest BCUT2D eigenvalue weighted by Gasteiger charge is -2.18. The zero-order valence-corrected chi connectivity index (χ0v) is 21.1. The summed E-state index contributed by atoms with van der Waals surface area (Å²) in [6.45, 7) is 2.05. The van der Waals surface area contributed by atoms with E-state index in [0.717, 1.165) is 17.5 Å². The number of nitrogens with zero attached hydrogens (tertiary/aromatic N) is 2. The third-order valence-corrected chi connectivity index (χ3v) is 7.70. The monoisotopic (exact) mass is 521 g/mol. The maximum atomic E-state index is 13.5. The molecule has 1 saturated heterocycles. The summed E-state index contributed by atoms with van der Waals surface area (Å²) in [5.74, 6) is -0.811. The van der Waals surface area contributed by atoms with Gasteiger partial charge in [-0.25, -0.2) is 0 Å². The number of nitrogens with one attached hydrogen (secondary N) is 1. The lowest BCUT2D eigenvalue weighted by atomic mass is 10.1. The first-order valence-corrected chi connectivity index (χ1v) is 12.6. The predicted molar refractivity (Wildman–Crippen MR) is 143 cm³/mol. The number of halogens is 2. The molecule has 1 aliphatic heterocycles. The van der Waals surface area contributed by atoms with Crippen molar-refractivity contribution in [3.05, 3.63) is 105 Å². The molecule has 1 N–H and O–H groups in total. The molecule has 1 fully saturated rings. The molecular formula is C27H21Cl2N3O2S. The summed E-state index contributed by atoms with van der Waals surface area (Å²) in [5.41, 5.74) is 2.87. The summed E-state index contributed by atoms with van der Waals surface area (Å²) in [5, 5.41) is 13.2. The third-order valence-electron chi connectivity index (χ3n) is 5.58. The molecule has 3 aromatic rings. The van der Waals surface area contributed by atoms with Crippen LogP contribution in [-0.2, 0) is 22.4 Å². The van der Waals surface area contributed by atoms with Crippen LogP contribution in [0, 0.1) is 11.3 Å². The van der Waals surface area contributed by atoms with Crippen LogP contribution in [0.25, 0.3) is 0 Å². The van der Waals surface area contributed by atoms with Gasteiger partial charge in [0, 0.05) is 11.4 Å². The van der Waals surface area contributed by atoms with Crippen LogP contribution in [-0.4, -0.2) is 17.1 Å². The molecule has 2 amide bonds. The summed E-state index contributed by atoms with van der Waals surface area (Å²) in [7, 11) is 0. The Kier molecular flexibility index (Phi) is 7.82. The number of carbonyl (C=O) groups excluding carboxylic acids is 2. The molecule has 0 aliphatic carbocycles. The molecule has 8 heteroatoms. The van der Waals surface area contributed by atoms with E-state index in [1.165, 1.54) is 16.7 Å². The summed E-state index contributed by atoms with van der Waals surface area (Å²) in [6.07, 6.45) is 1.18. The van der Waals surface area contributed by atoms with E-state index in [-0.39, 0.29) is 16.5 Å². The van der Waals surface area contributed by atoms with Gasteiger partial charge in [-0.05, 0) is 54.3 Å². The first-order valence-electron chi connectivity index (χ1n) is 11.0. The zero-order chi connectivity index (χ0) is 24.9. The number of carbonyl (C=O) groups is 2. The Morgan fingerprint density at radius 2 is 1.77 bits per heavy atom. The average Bonchev–Trinajstić information content (AvgIpc) is 3.18. The van der Waals surface area contributed by atoms with Gasteiger partial charge < -0.3 is 5.32 Å². The number of benzene rings is 3. The van der Waals surface area contributed by atoms with Crippen LogP contribution in [0.5, 0.6) is 0 Å². The maximum Gasteiger partial charge on any atom is 0.269 e. The van der Waals surface area contributed by atoms with Gasteiger partial charge in [0.1, 0.15) is 16.7 Å². The Bertz CT molecular complexity index is 1330. The highest BCUT2D eigenvalue weighted by molar-refractivity contribution is 8.05. The second-order valence-electron chi connectivity index (χ2n) is 7.83. The summed E-state index contributed by atoms with van der Waals surface area (Å²) in [4.78, 5) is 28.1. The van der Waals surface area contributed by atoms with Crippen molar-refractivity contribution in [2.45, 2.75) is 25.0 Å². The molecule has 4 rings (SSSR count). The molecular weight excluding hydrogens is 501 g/mol. The Morgan fingerprint density at radius 3 is 2.43 bits per heavy atom. The number of nitriles is 1. The number of aryl methyl sites for hydroxylation is 1. The smallest absolute Gasteiger partial charge is 0.269 e. The van der Waals surface area contributed by atoms with Gasteiger partial charge in [-0.3, -0.25) is 14.5 Å². The predicted octanol–water partition coefficient (Wildman–Crippen LogP) is 6.62. The van der Waals surface area contributed by atoms with Gasteiger partial charge >= 0.3 is 0 Å². The number of hydrogen-bond donors (Lipinski definition) is 1. The van der Waals surface area contributed by atoms with E-state index in [1.54, 1.807) is 48.5 Å². The van der Waals surface area contributed by atoms with Crippen molar-refractivity contribution in [3.8, 4) is 6.07 Å². The molecule has 0 radical (unpaired) electrons. The SMILES string of the molecule is CCc1ccc(NC(=O)/C(C#N)=C2/S[C@H](Cc3cccc(Cl)c3Cl)C(=O)N2c2ccccc2)cc1. The van der Waals surface area contributed by atoms with Crippen molar-refractivity contribution >= 4 is 58.2 Å². The fourth-order valence-electron chi connectivity index (χ4n) is 3.72. The molecule has 0 spiro atoms. The third kappa shape index (κ3) is 5.38. The molecule has 176 valence electrons. The lowest BCUT2D eigenvalue weighted by Crippen LogP contribution is -2.31. The molecule has 1 atom stereocenters. The minimum Gasteiger partial charge on any atom is -0.321 e. The molecule has 0 unspecified atom stereocenters.